The van der Waals surface area contributed by atoms with E-state index in [1.54, 1.807) is 13.0 Å². The van der Waals surface area contributed by atoms with Crippen molar-refractivity contribution in [1.29, 1.82) is 0 Å². The summed E-state index contributed by atoms with van der Waals surface area (Å²) >= 11 is 11.6. The number of rotatable bonds is 3. The Kier molecular flexibility index (Phi) is 8.42. The van der Waals surface area contributed by atoms with Gasteiger partial charge >= 0.3 is 0 Å². The van der Waals surface area contributed by atoms with E-state index in [2.05, 4.69) is 30.7 Å². The van der Waals surface area contributed by atoms with Crippen molar-refractivity contribution in [2.24, 2.45) is 11.7 Å². The Morgan fingerprint density at radius 3 is 2.15 bits per heavy atom. The van der Waals surface area contributed by atoms with E-state index in [0.29, 0.717) is 23.3 Å². The lowest BCUT2D eigenvalue weighted by Gasteiger charge is -2.08. The zero-order valence-corrected chi connectivity index (χ0v) is 14.0. The van der Waals surface area contributed by atoms with E-state index < -0.39 is 5.91 Å². The van der Waals surface area contributed by atoms with Crippen molar-refractivity contribution in [3.63, 3.8) is 0 Å². The molecule has 0 aliphatic heterocycles. The van der Waals surface area contributed by atoms with Gasteiger partial charge in [0.25, 0.3) is 0 Å². The van der Waals surface area contributed by atoms with Crippen molar-refractivity contribution >= 4 is 34.7 Å². The summed E-state index contributed by atoms with van der Waals surface area (Å²) in [5.74, 6) is 0.276. The number of aromatic nitrogens is 2. The summed E-state index contributed by atoms with van der Waals surface area (Å²) in [6.07, 6.45) is 2.35. The smallest absolute Gasteiger partial charge is 0.249 e. The molecule has 0 saturated heterocycles. The predicted octanol–water partition coefficient (Wildman–Crippen LogP) is 4.03. The van der Waals surface area contributed by atoms with E-state index in [4.69, 9.17) is 28.9 Å². The minimum Gasteiger partial charge on any atom is -0.366 e. The number of nitrogens with zero attached hydrogens (tertiary/aromatic N) is 2. The quantitative estimate of drug-likeness (QED) is 0.519. The topological polar surface area (TPSA) is 68.9 Å². The van der Waals surface area contributed by atoms with E-state index in [0.717, 1.165) is 5.92 Å². The van der Waals surface area contributed by atoms with Crippen LogP contribution in [0.3, 0.4) is 0 Å². The van der Waals surface area contributed by atoms with Gasteiger partial charge in [-0.15, -0.1) is 0 Å². The summed E-state index contributed by atoms with van der Waals surface area (Å²) < 4.78 is 0. The highest BCUT2D eigenvalue weighted by Gasteiger charge is 2.17. The lowest BCUT2D eigenvalue weighted by molar-refractivity contribution is -0.112. The Hall–Kier alpha value is -1.13. The molecule has 1 heterocycles. The average Bonchev–Trinajstić information content (AvgIpc) is 2.25. The molecule has 0 aliphatic rings. The van der Waals surface area contributed by atoms with E-state index in [1.165, 1.54) is 0 Å². The highest BCUT2D eigenvalue weighted by molar-refractivity contribution is 6.35. The average molecular weight is 318 g/mol. The van der Waals surface area contributed by atoms with Gasteiger partial charge in [0, 0.05) is 11.1 Å². The summed E-state index contributed by atoms with van der Waals surface area (Å²) in [6.45, 7) is 10.1. The lowest BCUT2D eigenvalue weighted by Crippen LogP contribution is -2.15. The van der Waals surface area contributed by atoms with Crippen LogP contribution in [0.25, 0.3) is 5.57 Å². The maximum atomic E-state index is 11.3. The predicted molar refractivity (Wildman–Crippen MR) is 84.8 cm³/mol. The number of primary amides is 1. The maximum Gasteiger partial charge on any atom is 0.249 e. The van der Waals surface area contributed by atoms with Crippen molar-refractivity contribution in [1.82, 2.24) is 9.97 Å². The highest BCUT2D eigenvalue weighted by Crippen LogP contribution is 2.26. The number of halogens is 2. The molecule has 0 bridgehead atoms. The first kappa shape index (κ1) is 18.9. The molecule has 4 nitrogen and oxygen atoms in total. The lowest BCUT2D eigenvalue weighted by atomic mass is 10.0. The fourth-order valence-corrected chi connectivity index (χ4v) is 1.91. The van der Waals surface area contributed by atoms with Crippen LogP contribution in [0.2, 0.25) is 10.4 Å². The van der Waals surface area contributed by atoms with Crippen molar-refractivity contribution in [2.75, 3.05) is 0 Å². The van der Waals surface area contributed by atoms with Gasteiger partial charge in [0.1, 0.15) is 5.15 Å². The number of carbonyl (C=O) groups is 1. The summed E-state index contributed by atoms with van der Waals surface area (Å²) in [7, 11) is 0. The number of allylic oxidation sites excluding steroid dienone is 1. The van der Waals surface area contributed by atoms with E-state index in [9.17, 15) is 4.79 Å². The molecule has 1 aromatic rings. The van der Waals surface area contributed by atoms with Crippen LogP contribution in [0.4, 0.5) is 0 Å². The molecule has 0 spiro atoms. The zero-order chi connectivity index (χ0) is 15.9. The van der Waals surface area contributed by atoms with Crippen LogP contribution < -0.4 is 5.73 Å². The Balaban J connectivity index is 0.000000796. The third-order valence-electron chi connectivity index (χ3n) is 1.96. The van der Waals surface area contributed by atoms with Crippen LogP contribution in [0.5, 0.6) is 0 Å². The molecule has 112 valence electrons. The standard InChI is InChI=1S/C10H11Cl2N3O.C4H10/c1-3-4-6(9(13)16)7-5(2)14-10(12)15-8(7)11;1-4(2)3/h4H,3H2,1-2H3,(H2,13,16);4H,1-3H3/b6-4+;. The van der Waals surface area contributed by atoms with E-state index >= 15 is 0 Å². The molecule has 0 unspecified atom stereocenters. The van der Waals surface area contributed by atoms with Crippen molar-refractivity contribution in [3.05, 3.63) is 27.8 Å². The first-order valence-corrected chi connectivity index (χ1v) is 7.16. The van der Waals surface area contributed by atoms with Crippen LogP contribution in [-0.2, 0) is 4.79 Å². The molecule has 1 amide bonds. The van der Waals surface area contributed by atoms with Gasteiger partial charge in [0.15, 0.2) is 0 Å². The third kappa shape index (κ3) is 6.35. The molecule has 20 heavy (non-hydrogen) atoms. The molecule has 1 aromatic heterocycles. The Morgan fingerprint density at radius 1 is 1.30 bits per heavy atom. The largest absolute Gasteiger partial charge is 0.366 e. The van der Waals surface area contributed by atoms with Gasteiger partial charge in [-0.25, -0.2) is 9.97 Å². The minimum atomic E-state index is -0.558. The molecule has 0 aromatic carbocycles. The molecule has 0 saturated carbocycles. The number of hydrogen-bond donors (Lipinski definition) is 1. The SMILES string of the molecule is CC(C)C.CC/C=C(/C(N)=O)c1c(C)nc(Cl)nc1Cl. The molecule has 2 N–H and O–H groups in total. The monoisotopic (exact) mass is 317 g/mol. The number of amides is 1. The first-order valence-electron chi connectivity index (χ1n) is 6.40. The third-order valence-corrected chi connectivity index (χ3v) is 2.40. The van der Waals surface area contributed by atoms with E-state index in [-0.39, 0.29) is 10.4 Å². The Morgan fingerprint density at radius 2 is 1.80 bits per heavy atom. The summed E-state index contributed by atoms with van der Waals surface area (Å²) in [6, 6.07) is 0. The van der Waals surface area contributed by atoms with Gasteiger partial charge in [-0.3, -0.25) is 4.79 Å². The van der Waals surface area contributed by atoms with Gasteiger partial charge in [0.05, 0.1) is 5.69 Å². The summed E-state index contributed by atoms with van der Waals surface area (Å²) in [4.78, 5) is 19.0. The second-order valence-electron chi connectivity index (χ2n) is 4.87. The zero-order valence-electron chi connectivity index (χ0n) is 12.5. The Labute approximate surface area is 130 Å². The molecule has 0 atom stereocenters. The highest BCUT2D eigenvalue weighted by atomic mass is 35.5. The van der Waals surface area contributed by atoms with Crippen LogP contribution in [-0.4, -0.2) is 15.9 Å². The number of nitrogens with two attached hydrogens (primary N) is 1. The first-order chi connectivity index (χ1) is 9.20. The van der Waals surface area contributed by atoms with Gasteiger partial charge in [0.2, 0.25) is 11.2 Å². The van der Waals surface area contributed by atoms with Gasteiger partial charge in [-0.1, -0.05) is 45.4 Å². The number of carbonyl (C=O) groups excluding carboxylic acids is 1. The van der Waals surface area contributed by atoms with Crippen LogP contribution in [0.1, 0.15) is 45.4 Å². The second-order valence-corrected chi connectivity index (χ2v) is 5.56. The summed E-state index contributed by atoms with van der Waals surface area (Å²) in [5.41, 5.74) is 6.57. The van der Waals surface area contributed by atoms with Crippen molar-refractivity contribution in [2.45, 2.75) is 41.0 Å². The van der Waals surface area contributed by atoms with Crippen LogP contribution >= 0.6 is 23.2 Å². The van der Waals surface area contributed by atoms with Crippen LogP contribution in [0.15, 0.2) is 6.08 Å². The van der Waals surface area contributed by atoms with Gasteiger partial charge in [-0.05, 0) is 30.9 Å². The fourth-order valence-electron chi connectivity index (χ4n) is 1.34. The second kappa shape index (κ2) is 8.93. The van der Waals surface area contributed by atoms with Gasteiger partial charge < -0.3 is 5.73 Å². The summed E-state index contributed by atoms with van der Waals surface area (Å²) in [5, 5.41) is 0.183. The molecule has 1 rings (SSSR count). The van der Waals surface area contributed by atoms with Crippen molar-refractivity contribution < 1.29 is 4.79 Å². The van der Waals surface area contributed by atoms with Crippen molar-refractivity contribution in [3.8, 4) is 0 Å². The number of hydrogen-bond acceptors (Lipinski definition) is 3. The van der Waals surface area contributed by atoms with Gasteiger partial charge in [-0.2, -0.15) is 0 Å². The fraction of sp³-hybridized carbons (Fsp3) is 0.500. The molecular weight excluding hydrogens is 297 g/mol. The molecule has 6 heteroatoms. The van der Waals surface area contributed by atoms with Crippen LogP contribution in [0, 0.1) is 12.8 Å². The normalized spacial score (nSPS) is 11.1. The minimum absolute atomic E-state index is 0.0477. The molecule has 0 radical (unpaired) electrons. The molecule has 0 aliphatic carbocycles. The maximum absolute atomic E-state index is 11.3. The Bertz CT molecular complexity index is 473. The number of aryl methyl sites for hydroxylation is 1. The van der Waals surface area contributed by atoms with E-state index in [1.807, 2.05) is 6.92 Å². The molecule has 0 fully saturated rings. The molecular formula is C14H21Cl2N3O.